The molecule has 0 aromatic rings. The molecule has 2 atom stereocenters. The van der Waals surface area contributed by atoms with Crippen molar-refractivity contribution in [3.63, 3.8) is 0 Å². The number of likely N-dealkylation sites (tertiary alicyclic amines) is 1. The molecule has 2 rings (SSSR count). The van der Waals surface area contributed by atoms with Gasteiger partial charge in [0.1, 0.15) is 18.0 Å². The van der Waals surface area contributed by atoms with Crippen molar-refractivity contribution in [1.82, 2.24) is 10.2 Å². The maximum Gasteiger partial charge on any atom is 0.534 e. The van der Waals surface area contributed by atoms with Crippen molar-refractivity contribution in [2.45, 2.75) is 77.9 Å². The molecule has 1 heterocycles. The Morgan fingerprint density at radius 2 is 1.84 bits per heavy atom. The summed E-state index contributed by atoms with van der Waals surface area (Å²) in [6.07, 6.45) is 3.01. The number of hydrogen-bond acceptors (Lipinski definition) is 7. The van der Waals surface area contributed by atoms with Crippen LogP contribution >= 0.6 is 0 Å². The van der Waals surface area contributed by atoms with Crippen molar-refractivity contribution < 1.29 is 29.1 Å². The minimum absolute atomic E-state index is 0.0267. The fraction of sp³-hybridized carbons (Fsp3) is 0.818. The van der Waals surface area contributed by atoms with Crippen LogP contribution in [0.1, 0.15) is 65.7 Å². The number of hydrogen-bond donors (Lipinski definition) is 3. The van der Waals surface area contributed by atoms with Gasteiger partial charge in [0.2, 0.25) is 5.91 Å². The third-order valence-corrected chi connectivity index (χ3v) is 6.15. The van der Waals surface area contributed by atoms with Gasteiger partial charge < -0.3 is 25.8 Å². The second-order valence-corrected chi connectivity index (χ2v) is 9.99. The zero-order valence-electron chi connectivity index (χ0n) is 19.6. The van der Waals surface area contributed by atoms with Crippen LogP contribution < -0.4 is 11.1 Å². The van der Waals surface area contributed by atoms with E-state index in [1.54, 1.807) is 0 Å². The predicted molar refractivity (Wildman–Crippen MR) is 118 cm³/mol. The lowest BCUT2D eigenvalue weighted by atomic mass is 9.81. The van der Waals surface area contributed by atoms with Crippen LogP contribution in [0.15, 0.2) is 5.16 Å². The highest BCUT2D eigenvalue weighted by molar-refractivity contribution is 5.90. The molecule has 0 radical (unpaired) electrons. The van der Waals surface area contributed by atoms with Crippen molar-refractivity contribution >= 4 is 23.8 Å². The van der Waals surface area contributed by atoms with Crippen LogP contribution in [-0.4, -0.2) is 66.2 Å². The van der Waals surface area contributed by atoms with Crippen molar-refractivity contribution in [3.05, 3.63) is 0 Å². The number of rotatable bonds is 7. The van der Waals surface area contributed by atoms with E-state index in [0.29, 0.717) is 31.8 Å². The van der Waals surface area contributed by atoms with E-state index in [2.05, 4.69) is 20.0 Å². The first-order valence-electron chi connectivity index (χ1n) is 11.4. The number of amidine groups is 1. The maximum absolute atomic E-state index is 12.8. The maximum atomic E-state index is 12.8. The minimum Gasteiger partial charge on any atom is -0.436 e. The molecule has 1 saturated heterocycles. The van der Waals surface area contributed by atoms with E-state index in [0.717, 1.165) is 32.1 Å². The monoisotopic (exact) mass is 454 g/mol. The number of aliphatic hydroxyl groups is 1. The van der Waals surface area contributed by atoms with Crippen LogP contribution in [0.5, 0.6) is 0 Å². The summed E-state index contributed by atoms with van der Waals surface area (Å²) >= 11 is 0. The Bertz CT molecular complexity index is 697. The summed E-state index contributed by atoms with van der Waals surface area (Å²) in [7, 11) is 1.20. The van der Waals surface area contributed by atoms with Crippen LogP contribution in [0.2, 0.25) is 0 Å². The third kappa shape index (κ3) is 7.65. The van der Waals surface area contributed by atoms with Crippen molar-refractivity contribution in [2.75, 3.05) is 20.2 Å². The van der Waals surface area contributed by atoms with E-state index in [1.165, 1.54) is 12.0 Å². The molecule has 1 aliphatic carbocycles. The second kappa shape index (κ2) is 11.5. The third-order valence-electron chi connectivity index (χ3n) is 6.15. The molecule has 10 heteroatoms. The van der Waals surface area contributed by atoms with E-state index in [1.807, 2.05) is 20.8 Å². The Morgan fingerprint density at radius 1 is 1.19 bits per heavy atom. The van der Waals surface area contributed by atoms with E-state index in [9.17, 15) is 19.5 Å². The lowest BCUT2D eigenvalue weighted by Gasteiger charge is -2.30. The summed E-state index contributed by atoms with van der Waals surface area (Å²) in [6.45, 7) is 6.94. The number of nitrogens with zero attached hydrogens (tertiary/aromatic N) is 2. The van der Waals surface area contributed by atoms with Crippen molar-refractivity contribution in [3.8, 4) is 0 Å². The lowest BCUT2D eigenvalue weighted by Crippen LogP contribution is -2.50. The first-order chi connectivity index (χ1) is 15.0. The molecule has 10 nitrogen and oxygen atoms in total. The molecule has 0 spiro atoms. The number of oxime groups is 1. The molecule has 0 aromatic heterocycles. The van der Waals surface area contributed by atoms with Gasteiger partial charge in [0.25, 0.3) is 5.91 Å². The molecule has 0 bridgehead atoms. The Kier molecular flexibility index (Phi) is 9.30. The first-order valence-corrected chi connectivity index (χ1v) is 11.4. The van der Waals surface area contributed by atoms with Crippen LogP contribution in [0, 0.1) is 17.3 Å². The average molecular weight is 455 g/mol. The number of nitrogens with one attached hydrogen (secondary N) is 1. The Morgan fingerprint density at radius 3 is 2.44 bits per heavy atom. The quantitative estimate of drug-likeness (QED) is 0.175. The van der Waals surface area contributed by atoms with Gasteiger partial charge >= 0.3 is 6.16 Å². The number of carbonyl (C=O) groups is 3. The fourth-order valence-electron chi connectivity index (χ4n) is 4.39. The first kappa shape index (κ1) is 25.9. The lowest BCUT2D eigenvalue weighted by molar-refractivity contribution is -0.146. The largest absolute Gasteiger partial charge is 0.534 e. The Balaban J connectivity index is 1.79. The molecule has 32 heavy (non-hydrogen) atoms. The number of amides is 2. The average Bonchev–Trinajstić information content (AvgIpc) is 3.24. The highest BCUT2D eigenvalue weighted by atomic mass is 16.8. The van der Waals surface area contributed by atoms with Gasteiger partial charge in [-0.15, -0.1) is 0 Å². The normalized spacial score (nSPS) is 25.2. The molecule has 4 N–H and O–H groups in total. The Labute approximate surface area is 189 Å². The van der Waals surface area contributed by atoms with Crippen LogP contribution in [-0.2, 0) is 19.2 Å². The topological polar surface area (TPSA) is 144 Å². The summed E-state index contributed by atoms with van der Waals surface area (Å²) < 4.78 is 4.36. The van der Waals surface area contributed by atoms with Gasteiger partial charge in [0.15, 0.2) is 0 Å². The number of carbonyl (C=O) groups excluding carboxylic acids is 3. The molecular formula is C22H38N4O6. The highest BCUT2D eigenvalue weighted by Gasteiger charge is 2.37. The molecule has 2 aliphatic rings. The molecule has 2 fully saturated rings. The van der Waals surface area contributed by atoms with Gasteiger partial charge in [0, 0.05) is 19.0 Å². The molecule has 0 unspecified atom stereocenters. The molecular weight excluding hydrogens is 416 g/mol. The van der Waals surface area contributed by atoms with Crippen LogP contribution in [0.4, 0.5) is 4.79 Å². The standard InChI is InChI=1S/C22H38N4O6/c1-22(2,3)12-17(27)20(29)26-11-5-6-16(26)19(28)24-13-14-7-9-15(10-8-14)18(23)25-32-21(30)31-4/h14-17,27H,5-13H2,1-4H3,(H2,23,25)(H,24,28)/t14?,15?,16-,17+/m0/s1. The number of nitrogens with two attached hydrogens (primary N) is 1. The fourth-order valence-corrected chi connectivity index (χ4v) is 4.39. The summed E-state index contributed by atoms with van der Waals surface area (Å²) in [6, 6.07) is -0.522. The highest BCUT2D eigenvalue weighted by Crippen LogP contribution is 2.29. The van der Waals surface area contributed by atoms with Gasteiger partial charge in [-0.3, -0.25) is 14.4 Å². The van der Waals surface area contributed by atoms with E-state index < -0.39 is 18.3 Å². The molecule has 182 valence electrons. The van der Waals surface area contributed by atoms with Crippen molar-refractivity contribution in [1.29, 1.82) is 0 Å². The second-order valence-electron chi connectivity index (χ2n) is 9.99. The SMILES string of the molecule is COC(=O)ON=C(N)C1CCC(CNC(=O)[C@@H]2CCCN2C(=O)[C@H](O)CC(C)(C)C)CC1. The number of ether oxygens (including phenoxy) is 1. The zero-order valence-corrected chi connectivity index (χ0v) is 19.6. The summed E-state index contributed by atoms with van der Waals surface area (Å²) in [5, 5.41) is 16.9. The minimum atomic E-state index is -1.09. The van der Waals surface area contributed by atoms with Gasteiger partial charge in [-0.1, -0.05) is 25.9 Å². The van der Waals surface area contributed by atoms with Crippen LogP contribution in [0.25, 0.3) is 0 Å². The van der Waals surface area contributed by atoms with E-state index in [-0.39, 0.29) is 29.0 Å². The van der Waals surface area contributed by atoms with E-state index in [4.69, 9.17) is 5.73 Å². The molecule has 2 amide bonds. The summed E-state index contributed by atoms with van der Waals surface area (Å²) in [5.41, 5.74) is 5.72. The summed E-state index contributed by atoms with van der Waals surface area (Å²) in [5.74, 6) is 0.0859. The smallest absolute Gasteiger partial charge is 0.436 e. The van der Waals surface area contributed by atoms with Gasteiger partial charge in [-0.2, -0.15) is 0 Å². The van der Waals surface area contributed by atoms with Gasteiger partial charge in [-0.25, -0.2) is 4.79 Å². The summed E-state index contributed by atoms with van der Waals surface area (Å²) in [4.78, 5) is 42.5. The predicted octanol–water partition coefficient (Wildman–Crippen LogP) is 1.75. The zero-order chi connectivity index (χ0) is 23.9. The van der Waals surface area contributed by atoms with Crippen LogP contribution in [0.3, 0.4) is 0 Å². The molecule has 1 aliphatic heterocycles. The number of methoxy groups -OCH3 is 1. The molecule has 1 saturated carbocycles. The van der Waals surface area contributed by atoms with Gasteiger partial charge in [-0.05, 0) is 56.3 Å². The van der Waals surface area contributed by atoms with Gasteiger partial charge in [0.05, 0.1) is 7.11 Å². The van der Waals surface area contributed by atoms with E-state index >= 15 is 0 Å². The Hall–Kier alpha value is -2.36. The van der Waals surface area contributed by atoms with Crippen molar-refractivity contribution in [2.24, 2.45) is 28.1 Å². The molecule has 0 aromatic carbocycles. The number of aliphatic hydroxyl groups excluding tert-OH is 1.